The molecule has 1 amide bonds. The molecule has 18 heavy (non-hydrogen) atoms. The molecule has 1 heterocycles. The van der Waals surface area contributed by atoms with Crippen LogP contribution in [-0.4, -0.2) is 41.8 Å². The molecule has 0 aromatic heterocycles. The van der Waals surface area contributed by atoms with Crippen molar-refractivity contribution in [2.45, 2.75) is 71.7 Å². The molecule has 0 aromatic carbocycles. The van der Waals surface area contributed by atoms with Crippen LogP contribution in [0.25, 0.3) is 0 Å². The Morgan fingerprint density at radius 1 is 1.33 bits per heavy atom. The van der Waals surface area contributed by atoms with Crippen molar-refractivity contribution in [3.05, 3.63) is 0 Å². The molecule has 0 saturated carbocycles. The standard InChI is InChI=1S/C14H28N2O2/c1-6-9-11-13(17)16(12(7-2)15-11)10-14(4,5)18-8-3/h11-12,15H,6-10H2,1-5H3. The largest absolute Gasteiger partial charge is 0.374 e. The average molecular weight is 256 g/mol. The highest BCUT2D eigenvalue weighted by molar-refractivity contribution is 5.84. The van der Waals surface area contributed by atoms with Crippen molar-refractivity contribution in [2.75, 3.05) is 13.2 Å². The number of nitrogens with zero attached hydrogens (tertiary/aromatic N) is 1. The minimum Gasteiger partial charge on any atom is -0.374 e. The number of ether oxygens (including phenoxy) is 1. The summed E-state index contributed by atoms with van der Waals surface area (Å²) in [6, 6.07) is -0.00243. The first-order valence-corrected chi connectivity index (χ1v) is 7.15. The molecule has 1 fully saturated rings. The number of hydrogen-bond acceptors (Lipinski definition) is 3. The van der Waals surface area contributed by atoms with Crippen LogP contribution in [0.3, 0.4) is 0 Å². The Morgan fingerprint density at radius 2 is 2.00 bits per heavy atom. The van der Waals surface area contributed by atoms with Gasteiger partial charge in [0.05, 0.1) is 24.4 Å². The van der Waals surface area contributed by atoms with Crippen molar-refractivity contribution in [1.82, 2.24) is 10.2 Å². The van der Waals surface area contributed by atoms with E-state index < -0.39 is 0 Å². The lowest BCUT2D eigenvalue weighted by Gasteiger charge is -2.33. The minimum absolute atomic E-state index is 0.00243. The molecule has 0 radical (unpaired) electrons. The highest BCUT2D eigenvalue weighted by atomic mass is 16.5. The molecule has 4 heteroatoms. The molecule has 0 aliphatic carbocycles. The van der Waals surface area contributed by atoms with Gasteiger partial charge in [0.25, 0.3) is 0 Å². The van der Waals surface area contributed by atoms with Gasteiger partial charge in [0.1, 0.15) is 0 Å². The Morgan fingerprint density at radius 3 is 2.50 bits per heavy atom. The van der Waals surface area contributed by atoms with E-state index in [-0.39, 0.29) is 23.7 Å². The summed E-state index contributed by atoms with van der Waals surface area (Å²) >= 11 is 0. The summed E-state index contributed by atoms with van der Waals surface area (Å²) in [5, 5.41) is 3.43. The third-order valence-electron chi connectivity index (χ3n) is 3.40. The Hall–Kier alpha value is -0.610. The van der Waals surface area contributed by atoms with Gasteiger partial charge in [-0.15, -0.1) is 0 Å². The molecule has 106 valence electrons. The van der Waals surface area contributed by atoms with E-state index in [2.05, 4.69) is 19.2 Å². The summed E-state index contributed by atoms with van der Waals surface area (Å²) in [7, 11) is 0. The van der Waals surface area contributed by atoms with Gasteiger partial charge in [-0.1, -0.05) is 20.3 Å². The quantitative estimate of drug-likeness (QED) is 0.759. The highest BCUT2D eigenvalue weighted by Gasteiger charge is 2.39. The maximum absolute atomic E-state index is 12.4. The smallest absolute Gasteiger partial charge is 0.241 e. The predicted molar refractivity (Wildman–Crippen MR) is 73.3 cm³/mol. The Kier molecular flexibility index (Phi) is 5.60. The Bertz CT molecular complexity index is 279. The van der Waals surface area contributed by atoms with Gasteiger partial charge >= 0.3 is 0 Å². The summed E-state index contributed by atoms with van der Waals surface area (Å²) in [5.74, 6) is 0.233. The van der Waals surface area contributed by atoms with Crippen molar-refractivity contribution < 1.29 is 9.53 Å². The second-order valence-electron chi connectivity index (χ2n) is 5.59. The topological polar surface area (TPSA) is 41.6 Å². The number of carbonyl (C=O) groups excluding carboxylic acids is 1. The molecule has 4 nitrogen and oxygen atoms in total. The molecule has 1 saturated heterocycles. The van der Waals surface area contributed by atoms with E-state index in [1.807, 2.05) is 25.7 Å². The molecule has 1 rings (SSSR count). The first kappa shape index (κ1) is 15.4. The van der Waals surface area contributed by atoms with Gasteiger partial charge in [0, 0.05) is 6.61 Å². The third kappa shape index (κ3) is 3.69. The van der Waals surface area contributed by atoms with Gasteiger partial charge in [-0.2, -0.15) is 0 Å². The predicted octanol–water partition coefficient (Wildman–Crippen LogP) is 2.14. The summed E-state index contributed by atoms with van der Waals surface area (Å²) in [6.45, 7) is 11.6. The third-order valence-corrected chi connectivity index (χ3v) is 3.40. The molecule has 1 aliphatic heterocycles. The van der Waals surface area contributed by atoms with Crippen LogP contribution in [0.1, 0.15) is 53.9 Å². The van der Waals surface area contributed by atoms with Gasteiger partial charge in [-0.3, -0.25) is 10.1 Å². The molecule has 0 bridgehead atoms. The molecular weight excluding hydrogens is 228 g/mol. The fourth-order valence-corrected chi connectivity index (χ4v) is 2.62. The minimum atomic E-state index is -0.277. The molecule has 1 aliphatic rings. The summed E-state index contributed by atoms with van der Waals surface area (Å²) in [5.41, 5.74) is -0.277. The number of amides is 1. The zero-order valence-electron chi connectivity index (χ0n) is 12.5. The van der Waals surface area contributed by atoms with Crippen molar-refractivity contribution in [1.29, 1.82) is 0 Å². The van der Waals surface area contributed by atoms with E-state index in [1.165, 1.54) is 0 Å². The molecule has 2 atom stereocenters. The monoisotopic (exact) mass is 256 g/mol. The second kappa shape index (κ2) is 6.53. The molecular formula is C14H28N2O2. The SMILES string of the molecule is CCCC1NC(CC)N(CC(C)(C)OCC)C1=O. The summed E-state index contributed by atoms with van der Waals surface area (Å²) in [4.78, 5) is 14.3. The normalized spacial score (nSPS) is 24.9. The second-order valence-corrected chi connectivity index (χ2v) is 5.59. The first-order chi connectivity index (χ1) is 8.45. The van der Waals surface area contributed by atoms with Crippen LogP contribution in [-0.2, 0) is 9.53 Å². The summed E-state index contributed by atoms with van der Waals surface area (Å²) < 4.78 is 5.71. The van der Waals surface area contributed by atoms with E-state index in [0.29, 0.717) is 13.2 Å². The number of rotatable bonds is 7. The first-order valence-electron chi connectivity index (χ1n) is 7.15. The number of nitrogens with one attached hydrogen (secondary N) is 1. The zero-order chi connectivity index (χ0) is 13.8. The average Bonchev–Trinajstić information content (AvgIpc) is 2.57. The molecule has 0 aromatic rings. The van der Waals surface area contributed by atoms with Crippen molar-refractivity contribution >= 4 is 5.91 Å². The lowest BCUT2D eigenvalue weighted by molar-refractivity contribution is -0.134. The molecule has 2 unspecified atom stereocenters. The lowest BCUT2D eigenvalue weighted by atomic mass is 10.1. The molecule has 1 N–H and O–H groups in total. The van der Waals surface area contributed by atoms with Gasteiger partial charge < -0.3 is 9.64 Å². The fourth-order valence-electron chi connectivity index (χ4n) is 2.62. The van der Waals surface area contributed by atoms with Crippen LogP contribution >= 0.6 is 0 Å². The van der Waals surface area contributed by atoms with Crippen LogP contribution in [0.4, 0.5) is 0 Å². The maximum Gasteiger partial charge on any atom is 0.241 e. The maximum atomic E-state index is 12.4. The van der Waals surface area contributed by atoms with Crippen LogP contribution in [0.5, 0.6) is 0 Å². The van der Waals surface area contributed by atoms with Gasteiger partial charge in [-0.05, 0) is 33.6 Å². The Labute approximate surface area is 111 Å². The van der Waals surface area contributed by atoms with Crippen LogP contribution in [0, 0.1) is 0 Å². The number of carbonyl (C=O) groups is 1. The van der Waals surface area contributed by atoms with E-state index in [4.69, 9.17) is 4.74 Å². The van der Waals surface area contributed by atoms with Crippen molar-refractivity contribution in [2.24, 2.45) is 0 Å². The van der Waals surface area contributed by atoms with Crippen LogP contribution in [0.2, 0.25) is 0 Å². The Balaban J connectivity index is 2.70. The van der Waals surface area contributed by atoms with E-state index in [9.17, 15) is 4.79 Å². The zero-order valence-corrected chi connectivity index (χ0v) is 12.5. The van der Waals surface area contributed by atoms with E-state index >= 15 is 0 Å². The van der Waals surface area contributed by atoms with Crippen LogP contribution in [0.15, 0.2) is 0 Å². The molecule has 0 spiro atoms. The van der Waals surface area contributed by atoms with Gasteiger partial charge in [0.15, 0.2) is 0 Å². The van der Waals surface area contributed by atoms with Gasteiger partial charge in [0.2, 0.25) is 5.91 Å². The lowest BCUT2D eigenvalue weighted by Crippen LogP contribution is -2.46. The number of hydrogen-bond donors (Lipinski definition) is 1. The van der Waals surface area contributed by atoms with E-state index in [0.717, 1.165) is 19.3 Å². The van der Waals surface area contributed by atoms with Gasteiger partial charge in [-0.25, -0.2) is 0 Å². The van der Waals surface area contributed by atoms with Crippen molar-refractivity contribution in [3.8, 4) is 0 Å². The van der Waals surface area contributed by atoms with E-state index in [1.54, 1.807) is 0 Å². The summed E-state index contributed by atoms with van der Waals surface area (Å²) in [6.07, 6.45) is 3.05. The van der Waals surface area contributed by atoms with Crippen LogP contribution < -0.4 is 5.32 Å². The van der Waals surface area contributed by atoms with Crippen molar-refractivity contribution in [3.63, 3.8) is 0 Å². The highest BCUT2D eigenvalue weighted by Crippen LogP contribution is 2.21. The fraction of sp³-hybridized carbons (Fsp3) is 0.929.